The number of piperidine rings is 1. The molecule has 2 heterocycles. The Labute approximate surface area is 286 Å². The van der Waals surface area contributed by atoms with Gasteiger partial charge in [-0.1, -0.05) is 6.92 Å². The summed E-state index contributed by atoms with van der Waals surface area (Å²) < 4.78 is 62.0. The Kier molecular flexibility index (Phi) is 13.3. The fourth-order valence-corrected chi connectivity index (χ4v) is 6.07. The van der Waals surface area contributed by atoms with Crippen molar-refractivity contribution in [1.29, 1.82) is 0 Å². The number of anilines is 1. The molecule has 0 spiro atoms. The molecule has 11 nitrogen and oxygen atoms in total. The molecule has 4 N–H and O–H groups in total. The molecule has 274 valence electrons. The van der Waals surface area contributed by atoms with Crippen LogP contribution in [-0.4, -0.2) is 95.7 Å². The summed E-state index contributed by atoms with van der Waals surface area (Å²) in [5.41, 5.74) is 6.72. The van der Waals surface area contributed by atoms with Crippen LogP contribution >= 0.6 is 0 Å². The average molecular weight is 712 g/mol. The first-order chi connectivity index (χ1) is 23.3. The fourth-order valence-electron chi connectivity index (χ4n) is 6.07. The van der Waals surface area contributed by atoms with Crippen molar-refractivity contribution in [3.63, 3.8) is 0 Å². The van der Waals surface area contributed by atoms with Gasteiger partial charge in [0.1, 0.15) is 30.7 Å². The third-order valence-corrected chi connectivity index (χ3v) is 9.05. The van der Waals surface area contributed by atoms with Gasteiger partial charge in [-0.05, 0) is 81.5 Å². The molecule has 2 aromatic rings. The number of alkyl halides is 3. The van der Waals surface area contributed by atoms with E-state index in [4.69, 9.17) is 20.7 Å². The Bertz CT molecular complexity index is 1560. The Hall–Kier alpha value is -4.76. The van der Waals surface area contributed by atoms with Gasteiger partial charge in [0.2, 0.25) is 5.91 Å². The fraction of sp³-hybridized carbons (Fsp3) is 0.500. The molecule has 2 saturated heterocycles. The second-order valence-electron chi connectivity index (χ2n) is 12.8. The van der Waals surface area contributed by atoms with Crippen LogP contribution in [0.3, 0.4) is 0 Å². The predicted octanol–water partition coefficient (Wildman–Crippen LogP) is 2.75. The molecule has 2 fully saturated rings. The molecule has 2 amide bonds. The van der Waals surface area contributed by atoms with Crippen molar-refractivity contribution in [3.05, 3.63) is 65.2 Å². The maximum absolute atomic E-state index is 15.3. The Balaban J connectivity index is 0.000000872. The predicted molar refractivity (Wildman–Crippen MR) is 171 cm³/mol. The lowest BCUT2D eigenvalue weighted by Gasteiger charge is -2.40. The maximum atomic E-state index is 15.3. The smallest absolute Gasteiger partial charge is 0.430 e. The third-order valence-electron chi connectivity index (χ3n) is 9.05. The van der Waals surface area contributed by atoms with Crippen LogP contribution in [0, 0.1) is 23.0 Å². The van der Waals surface area contributed by atoms with Crippen molar-refractivity contribution in [1.82, 2.24) is 10.2 Å². The van der Waals surface area contributed by atoms with Crippen LogP contribution in [0.1, 0.15) is 62.4 Å². The lowest BCUT2D eigenvalue weighted by molar-refractivity contribution is -0.529. The van der Waals surface area contributed by atoms with E-state index in [0.717, 1.165) is 5.69 Å². The number of amides is 2. The van der Waals surface area contributed by atoms with E-state index in [0.29, 0.717) is 69.9 Å². The van der Waals surface area contributed by atoms with E-state index in [1.807, 2.05) is 11.5 Å². The summed E-state index contributed by atoms with van der Waals surface area (Å²) in [6, 6.07) is 10.1. The van der Waals surface area contributed by atoms with Crippen LogP contribution in [-0.2, 0) is 14.4 Å². The molecule has 2 aliphatic rings. The van der Waals surface area contributed by atoms with Crippen molar-refractivity contribution in [2.45, 2.75) is 58.7 Å². The van der Waals surface area contributed by atoms with Gasteiger partial charge >= 0.3 is 12.1 Å². The molecular formula is C34H42F5N5O6. The van der Waals surface area contributed by atoms with Crippen LogP contribution in [0.4, 0.5) is 27.6 Å². The Morgan fingerprint density at radius 1 is 1.00 bits per heavy atom. The molecule has 0 aliphatic carbocycles. The number of carbonyl (C=O) groups is 4. The zero-order chi connectivity index (χ0) is 37.4. The molecule has 0 saturated carbocycles. The van der Waals surface area contributed by atoms with E-state index < -0.39 is 41.3 Å². The molecule has 2 aliphatic heterocycles. The van der Waals surface area contributed by atoms with E-state index in [1.54, 1.807) is 36.9 Å². The lowest BCUT2D eigenvalue weighted by Crippen LogP contribution is -2.54. The number of likely N-dealkylation sites (tertiary alicyclic amines) is 1. The number of carboxylic acid groups (broad SMARTS) is 2. The number of nitrogens with two attached hydrogens (primary N) is 1. The minimum Gasteiger partial charge on any atom is -0.542 e. The first-order valence-electron chi connectivity index (χ1n) is 16.1. The van der Waals surface area contributed by atoms with E-state index in [9.17, 15) is 31.9 Å². The number of nitrogens with zero attached hydrogens (tertiary/aromatic N) is 3. The van der Waals surface area contributed by atoms with Crippen molar-refractivity contribution in [2.24, 2.45) is 17.1 Å². The molecule has 1 unspecified atom stereocenters. The van der Waals surface area contributed by atoms with Crippen LogP contribution in [0.5, 0.6) is 0 Å². The zero-order valence-electron chi connectivity index (χ0n) is 28.1. The SMILES string of the molecule is CCC(NC(=O)c1ccc(C(N)=[N+]2CCN(c3ccc(F)cc3)CC2)cc1F)C(C)(C)C(=O)N1CCC(CC(=O)O)CC1.O=C([O-])C(F)(F)F. The molecule has 2 aromatic carbocycles. The lowest BCUT2D eigenvalue weighted by atomic mass is 9.80. The minimum absolute atomic E-state index is 0.0506. The number of carbonyl (C=O) groups excluding carboxylic acids is 3. The first-order valence-corrected chi connectivity index (χ1v) is 16.1. The summed E-state index contributed by atoms with van der Waals surface area (Å²) >= 11 is 0. The van der Waals surface area contributed by atoms with Crippen LogP contribution in [0.25, 0.3) is 0 Å². The summed E-state index contributed by atoms with van der Waals surface area (Å²) in [4.78, 5) is 50.3. The topological polar surface area (TPSA) is 159 Å². The van der Waals surface area contributed by atoms with Gasteiger partial charge < -0.3 is 30.1 Å². The summed E-state index contributed by atoms with van der Waals surface area (Å²) in [7, 11) is 0. The zero-order valence-corrected chi connectivity index (χ0v) is 28.1. The quantitative estimate of drug-likeness (QED) is 0.204. The van der Waals surface area contributed by atoms with Gasteiger partial charge in [0.15, 0.2) is 0 Å². The molecular weight excluding hydrogens is 669 g/mol. The number of aliphatic carboxylic acids is 2. The van der Waals surface area contributed by atoms with Crippen molar-refractivity contribution < 1.29 is 55.9 Å². The van der Waals surface area contributed by atoms with Crippen molar-refractivity contribution in [2.75, 3.05) is 44.2 Å². The monoisotopic (exact) mass is 711 g/mol. The minimum atomic E-state index is -5.19. The van der Waals surface area contributed by atoms with Gasteiger partial charge in [-0.25, -0.2) is 8.78 Å². The largest absolute Gasteiger partial charge is 0.542 e. The van der Waals surface area contributed by atoms with Gasteiger partial charge in [0.05, 0.1) is 29.6 Å². The van der Waals surface area contributed by atoms with Gasteiger partial charge in [-0.3, -0.25) is 24.7 Å². The number of hydrogen-bond acceptors (Lipinski definition) is 6. The number of hydrogen-bond donors (Lipinski definition) is 3. The molecule has 4 rings (SSSR count). The highest BCUT2D eigenvalue weighted by molar-refractivity contribution is 5.98. The molecule has 0 bridgehead atoms. The molecule has 16 heteroatoms. The van der Waals surface area contributed by atoms with Crippen molar-refractivity contribution in [3.8, 4) is 0 Å². The second-order valence-corrected chi connectivity index (χ2v) is 12.8. The highest BCUT2D eigenvalue weighted by Crippen LogP contribution is 2.30. The summed E-state index contributed by atoms with van der Waals surface area (Å²) in [5.74, 6) is -5.09. The van der Waals surface area contributed by atoms with Crippen molar-refractivity contribution >= 4 is 35.3 Å². The summed E-state index contributed by atoms with van der Waals surface area (Å²) in [6.07, 6.45) is -3.39. The molecule has 0 radical (unpaired) electrons. The third kappa shape index (κ3) is 10.4. The number of piperazine rings is 1. The number of benzene rings is 2. The van der Waals surface area contributed by atoms with Gasteiger partial charge in [0, 0.05) is 31.2 Å². The highest BCUT2D eigenvalue weighted by Gasteiger charge is 2.41. The van der Waals surface area contributed by atoms with E-state index in [2.05, 4.69) is 10.2 Å². The average Bonchev–Trinajstić information content (AvgIpc) is 3.06. The normalized spacial score (nSPS) is 16.2. The van der Waals surface area contributed by atoms with E-state index in [1.165, 1.54) is 24.3 Å². The number of rotatable bonds is 9. The van der Waals surface area contributed by atoms with Gasteiger partial charge in [-0.2, -0.15) is 13.2 Å². The van der Waals surface area contributed by atoms with E-state index in [-0.39, 0.29) is 29.6 Å². The number of amidine groups is 1. The summed E-state index contributed by atoms with van der Waals surface area (Å²) in [5, 5.41) is 20.7. The Morgan fingerprint density at radius 2 is 1.56 bits per heavy atom. The standard InChI is InChI=1S/C32H41F2N5O4.C2HF3O2/c1-4-27(32(2,3)31(43)39-13-11-21(12-14-39)19-28(40)41)36-30(42)25-10-5-22(20-26(25)34)29(35)38-17-15-37(16-18-38)24-8-6-23(33)7-9-24;3-2(4,5)1(6)7/h5-10,20-21,27,35H,4,11-19H2,1-3H3,(H2,36,40,41,42);(H,6,7). The van der Waals surface area contributed by atoms with Crippen LogP contribution in [0.2, 0.25) is 0 Å². The highest BCUT2D eigenvalue weighted by atomic mass is 19.4. The Morgan fingerprint density at radius 3 is 2.04 bits per heavy atom. The van der Waals surface area contributed by atoms with Gasteiger partial charge in [0.25, 0.3) is 11.7 Å². The van der Waals surface area contributed by atoms with E-state index >= 15 is 4.39 Å². The molecule has 1 atom stereocenters. The maximum Gasteiger partial charge on any atom is 0.430 e. The second kappa shape index (κ2) is 16.8. The number of nitrogens with one attached hydrogen (secondary N) is 1. The first kappa shape index (κ1) is 39.7. The number of carboxylic acids is 2. The van der Waals surface area contributed by atoms with Crippen LogP contribution in [0.15, 0.2) is 42.5 Å². The summed E-state index contributed by atoms with van der Waals surface area (Å²) in [6.45, 7) is 8.90. The van der Waals surface area contributed by atoms with Crippen LogP contribution < -0.4 is 21.1 Å². The molecule has 50 heavy (non-hydrogen) atoms. The van der Waals surface area contributed by atoms with Gasteiger partial charge in [-0.15, -0.1) is 0 Å². The number of halogens is 5. The molecule has 0 aromatic heterocycles.